The molecule has 0 aliphatic carbocycles. The number of nitrogens with one attached hydrogen (secondary N) is 1. The van der Waals surface area contributed by atoms with Gasteiger partial charge in [-0.3, -0.25) is 10.1 Å². The Kier molecular flexibility index (Phi) is 3.51. The molecule has 0 aliphatic rings. The molecule has 0 amide bonds. The standard InChI is InChI=1S/C15H13N3O3/c19-18(20)12-7-4-8-13-14(12)17-15(21-13)16-10-9-11-5-2-1-3-6-11/h1-8H,9-10H2,(H,16,17). The minimum absolute atomic E-state index is 0.0487. The minimum atomic E-state index is -0.460. The Morgan fingerprint density at radius 2 is 1.95 bits per heavy atom. The molecule has 6 nitrogen and oxygen atoms in total. The summed E-state index contributed by atoms with van der Waals surface area (Å²) in [6.45, 7) is 0.643. The van der Waals surface area contributed by atoms with E-state index in [9.17, 15) is 10.1 Å². The topological polar surface area (TPSA) is 81.2 Å². The van der Waals surface area contributed by atoms with Crippen molar-refractivity contribution < 1.29 is 9.34 Å². The van der Waals surface area contributed by atoms with Crippen LogP contribution in [0.3, 0.4) is 0 Å². The molecule has 0 fully saturated rings. The molecule has 1 N–H and O–H groups in total. The molecule has 0 radical (unpaired) electrons. The van der Waals surface area contributed by atoms with Gasteiger partial charge in [-0.2, -0.15) is 4.98 Å². The second-order valence-corrected chi connectivity index (χ2v) is 4.56. The van der Waals surface area contributed by atoms with Crippen LogP contribution in [-0.2, 0) is 6.42 Å². The second-order valence-electron chi connectivity index (χ2n) is 4.56. The lowest BCUT2D eigenvalue weighted by Gasteiger charge is -2.01. The van der Waals surface area contributed by atoms with Crippen molar-refractivity contribution >= 4 is 22.8 Å². The van der Waals surface area contributed by atoms with E-state index in [1.54, 1.807) is 12.1 Å². The molecular weight excluding hydrogens is 270 g/mol. The van der Waals surface area contributed by atoms with Gasteiger partial charge in [0, 0.05) is 12.6 Å². The fourth-order valence-corrected chi connectivity index (χ4v) is 2.12. The number of oxazole rings is 1. The molecule has 0 bridgehead atoms. The van der Waals surface area contributed by atoms with Crippen LogP contribution in [0.1, 0.15) is 5.56 Å². The molecule has 0 atom stereocenters. The van der Waals surface area contributed by atoms with Gasteiger partial charge in [-0.25, -0.2) is 0 Å². The number of hydrogen-bond acceptors (Lipinski definition) is 5. The maximum atomic E-state index is 10.9. The predicted molar refractivity (Wildman–Crippen MR) is 79.3 cm³/mol. The van der Waals surface area contributed by atoms with Gasteiger partial charge in [0.2, 0.25) is 0 Å². The molecule has 0 unspecified atom stereocenters. The van der Waals surface area contributed by atoms with E-state index in [4.69, 9.17) is 4.42 Å². The van der Waals surface area contributed by atoms with E-state index in [1.807, 2.05) is 30.3 Å². The highest BCUT2D eigenvalue weighted by molar-refractivity contribution is 5.83. The van der Waals surface area contributed by atoms with Crippen molar-refractivity contribution in [3.8, 4) is 0 Å². The summed E-state index contributed by atoms with van der Waals surface area (Å²) in [6, 6.07) is 15.0. The third-order valence-corrected chi connectivity index (χ3v) is 3.13. The fourth-order valence-electron chi connectivity index (χ4n) is 2.12. The van der Waals surface area contributed by atoms with Crippen molar-refractivity contribution in [1.82, 2.24) is 4.98 Å². The molecule has 0 aliphatic heterocycles. The first-order valence-corrected chi connectivity index (χ1v) is 6.56. The molecule has 106 valence electrons. The van der Waals surface area contributed by atoms with Gasteiger partial charge < -0.3 is 9.73 Å². The normalized spacial score (nSPS) is 10.7. The number of nitro groups is 1. The highest BCUT2D eigenvalue weighted by Gasteiger charge is 2.16. The van der Waals surface area contributed by atoms with Gasteiger partial charge in [0.1, 0.15) is 0 Å². The van der Waals surface area contributed by atoms with E-state index in [0.29, 0.717) is 18.1 Å². The Labute approximate surface area is 120 Å². The first-order chi connectivity index (χ1) is 10.2. The Morgan fingerprint density at radius 1 is 1.14 bits per heavy atom. The van der Waals surface area contributed by atoms with Gasteiger partial charge >= 0.3 is 0 Å². The zero-order valence-electron chi connectivity index (χ0n) is 11.2. The lowest BCUT2D eigenvalue weighted by atomic mass is 10.1. The van der Waals surface area contributed by atoms with Crippen LogP contribution >= 0.6 is 0 Å². The fraction of sp³-hybridized carbons (Fsp3) is 0.133. The lowest BCUT2D eigenvalue weighted by Crippen LogP contribution is -2.04. The molecule has 3 aromatic rings. The Morgan fingerprint density at radius 3 is 2.71 bits per heavy atom. The van der Waals surface area contributed by atoms with Gasteiger partial charge in [0.25, 0.3) is 11.7 Å². The summed E-state index contributed by atoms with van der Waals surface area (Å²) in [4.78, 5) is 14.6. The summed E-state index contributed by atoms with van der Waals surface area (Å²) in [7, 11) is 0. The lowest BCUT2D eigenvalue weighted by molar-refractivity contribution is -0.383. The number of nitro benzene ring substituents is 1. The third-order valence-electron chi connectivity index (χ3n) is 3.13. The van der Waals surface area contributed by atoms with Crippen LogP contribution in [0.4, 0.5) is 11.7 Å². The van der Waals surface area contributed by atoms with E-state index >= 15 is 0 Å². The zero-order chi connectivity index (χ0) is 14.7. The molecular formula is C15H13N3O3. The summed E-state index contributed by atoms with van der Waals surface area (Å²) in [5, 5.41) is 14.0. The molecule has 6 heteroatoms. The maximum Gasteiger partial charge on any atom is 0.298 e. The Bertz CT molecular complexity index is 768. The summed E-state index contributed by atoms with van der Waals surface area (Å²) < 4.78 is 5.47. The Hall–Kier alpha value is -2.89. The van der Waals surface area contributed by atoms with E-state index in [-0.39, 0.29) is 11.2 Å². The number of rotatable bonds is 5. The molecule has 1 heterocycles. The molecule has 0 saturated carbocycles. The van der Waals surface area contributed by atoms with Gasteiger partial charge in [-0.1, -0.05) is 36.4 Å². The third kappa shape index (κ3) is 2.84. The van der Waals surface area contributed by atoms with Gasteiger partial charge in [-0.15, -0.1) is 0 Å². The second kappa shape index (κ2) is 5.62. The average Bonchev–Trinajstić information content (AvgIpc) is 2.90. The van der Waals surface area contributed by atoms with Crippen LogP contribution in [0.15, 0.2) is 52.9 Å². The van der Waals surface area contributed by atoms with Crippen molar-refractivity contribution in [3.63, 3.8) is 0 Å². The van der Waals surface area contributed by atoms with Crippen LogP contribution in [0.2, 0.25) is 0 Å². The zero-order valence-corrected chi connectivity index (χ0v) is 11.2. The van der Waals surface area contributed by atoms with Crippen LogP contribution in [-0.4, -0.2) is 16.5 Å². The average molecular weight is 283 g/mol. The number of fused-ring (bicyclic) bond motifs is 1. The number of aromatic nitrogens is 1. The SMILES string of the molecule is O=[N+]([O-])c1cccc2oc(NCCc3ccccc3)nc12. The van der Waals surface area contributed by atoms with Crippen LogP contribution in [0.25, 0.3) is 11.1 Å². The first kappa shape index (κ1) is 13.1. The largest absolute Gasteiger partial charge is 0.423 e. The number of nitrogens with zero attached hydrogens (tertiary/aromatic N) is 2. The predicted octanol–water partition coefficient (Wildman–Crippen LogP) is 3.39. The van der Waals surface area contributed by atoms with E-state index in [0.717, 1.165) is 6.42 Å². The highest BCUT2D eigenvalue weighted by atomic mass is 16.6. The Balaban J connectivity index is 1.73. The van der Waals surface area contributed by atoms with Crippen molar-refractivity contribution in [2.24, 2.45) is 0 Å². The van der Waals surface area contributed by atoms with Crippen molar-refractivity contribution in [2.75, 3.05) is 11.9 Å². The summed E-state index contributed by atoms with van der Waals surface area (Å²) >= 11 is 0. The number of anilines is 1. The molecule has 0 spiro atoms. The summed E-state index contributed by atoms with van der Waals surface area (Å²) in [5.41, 5.74) is 1.83. The smallest absolute Gasteiger partial charge is 0.298 e. The summed E-state index contributed by atoms with van der Waals surface area (Å²) in [6.07, 6.45) is 0.821. The highest BCUT2D eigenvalue weighted by Crippen LogP contribution is 2.27. The first-order valence-electron chi connectivity index (χ1n) is 6.56. The number of para-hydroxylation sites is 1. The van der Waals surface area contributed by atoms with Gasteiger partial charge in [0.05, 0.1) is 4.92 Å². The van der Waals surface area contributed by atoms with Crippen molar-refractivity contribution in [2.45, 2.75) is 6.42 Å². The molecule has 0 saturated heterocycles. The number of benzene rings is 2. The molecule has 3 rings (SSSR count). The summed E-state index contributed by atoms with van der Waals surface area (Å²) in [5.74, 6) is 0. The van der Waals surface area contributed by atoms with Gasteiger partial charge in [0.15, 0.2) is 11.1 Å². The van der Waals surface area contributed by atoms with E-state index in [2.05, 4.69) is 10.3 Å². The molecule has 2 aromatic carbocycles. The van der Waals surface area contributed by atoms with Gasteiger partial charge in [-0.05, 0) is 18.1 Å². The van der Waals surface area contributed by atoms with E-state index < -0.39 is 4.92 Å². The van der Waals surface area contributed by atoms with Crippen molar-refractivity contribution in [3.05, 3.63) is 64.2 Å². The van der Waals surface area contributed by atoms with Crippen LogP contribution in [0.5, 0.6) is 0 Å². The van der Waals surface area contributed by atoms with E-state index in [1.165, 1.54) is 11.6 Å². The minimum Gasteiger partial charge on any atom is -0.423 e. The number of non-ortho nitro benzene ring substituents is 1. The maximum absolute atomic E-state index is 10.9. The molecule has 21 heavy (non-hydrogen) atoms. The monoisotopic (exact) mass is 283 g/mol. The molecule has 1 aromatic heterocycles. The quantitative estimate of drug-likeness (QED) is 0.573. The van der Waals surface area contributed by atoms with Crippen molar-refractivity contribution in [1.29, 1.82) is 0 Å². The number of hydrogen-bond donors (Lipinski definition) is 1. The van der Waals surface area contributed by atoms with Crippen LogP contribution < -0.4 is 5.32 Å². The van der Waals surface area contributed by atoms with Crippen LogP contribution in [0, 0.1) is 10.1 Å².